The van der Waals surface area contributed by atoms with E-state index in [1.54, 1.807) is 13.8 Å². The maximum atomic E-state index is 11.7. The van der Waals surface area contributed by atoms with Gasteiger partial charge in [-0.15, -0.1) is 0 Å². The van der Waals surface area contributed by atoms with E-state index in [1.165, 1.54) is 25.7 Å². The number of hydrogen-bond acceptors (Lipinski definition) is 4. The summed E-state index contributed by atoms with van der Waals surface area (Å²) in [5.41, 5.74) is 2.03. The van der Waals surface area contributed by atoms with Crippen molar-refractivity contribution in [3.63, 3.8) is 0 Å². The van der Waals surface area contributed by atoms with Crippen molar-refractivity contribution in [3.8, 4) is 0 Å². The van der Waals surface area contributed by atoms with Crippen LogP contribution in [0.4, 0.5) is 0 Å². The fourth-order valence-corrected chi connectivity index (χ4v) is 1.89. The Morgan fingerprint density at radius 1 is 0.955 bits per heavy atom. The quantitative estimate of drug-likeness (QED) is 0.453. The van der Waals surface area contributed by atoms with Gasteiger partial charge in [0.2, 0.25) is 5.91 Å². The number of nitrogens with one attached hydrogen (secondary N) is 2. The molecule has 6 nitrogen and oxygen atoms in total. The molecule has 0 bridgehead atoms. The van der Waals surface area contributed by atoms with Crippen LogP contribution in [0.15, 0.2) is 0 Å². The van der Waals surface area contributed by atoms with Crippen LogP contribution in [0.5, 0.6) is 0 Å². The lowest BCUT2D eigenvalue weighted by atomic mass is 10.1. The number of hydrogen-bond donors (Lipinski definition) is 2. The molecular formula is C16H30N2O4. The molecule has 0 aliphatic heterocycles. The van der Waals surface area contributed by atoms with Gasteiger partial charge >= 0.3 is 5.97 Å². The summed E-state index contributed by atoms with van der Waals surface area (Å²) >= 11 is 0. The van der Waals surface area contributed by atoms with Gasteiger partial charge < -0.3 is 10.2 Å². The van der Waals surface area contributed by atoms with E-state index in [9.17, 15) is 14.4 Å². The van der Waals surface area contributed by atoms with Crippen molar-refractivity contribution in [2.75, 3.05) is 0 Å². The standard InChI is InChI=1S/C16H30N2O4/c1-4-6-7-8-9-10-11-12-14(19)17-13(3)16(21)18-22-15(20)5-2/h13H,4-12H2,1-3H3,(H,17,19)(H,18,21). The highest BCUT2D eigenvalue weighted by Gasteiger charge is 2.16. The Labute approximate surface area is 133 Å². The van der Waals surface area contributed by atoms with Crippen molar-refractivity contribution in [1.82, 2.24) is 10.8 Å². The first-order valence-electron chi connectivity index (χ1n) is 8.30. The van der Waals surface area contributed by atoms with Crippen LogP contribution in [0.2, 0.25) is 0 Å². The summed E-state index contributed by atoms with van der Waals surface area (Å²) in [6.45, 7) is 5.37. The van der Waals surface area contributed by atoms with Crippen molar-refractivity contribution in [3.05, 3.63) is 0 Å². The van der Waals surface area contributed by atoms with Gasteiger partial charge in [-0.05, 0) is 13.3 Å². The molecule has 128 valence electrons. The van der Waals surface area contributed by atoms with Crippen LogP contribution in [0.3, 0.4) is 0 Å². The van der Waals surface area contributed by atoms with E-state index < -0.39 is 17.9 Å². The molecule has 2 amide bonds. The van der Waals surface area contributed by atoms with Gasteiger partial charge in [0.1, 0.15) is 6.04 Å². The highest BCUT2D eigenvalue weighted by Crippen LogP contribution is 2.08. The average Bonchev–Trinajstić information content (AvgIpc) is 2.51. The molecular weight excluding hydrogens is 284 g/mol. The Kier molecular flexibility index (Phi) is 12.2. The Morgan fingerprint density at radius 3 is 2.14 bits per heavy atom. The van der Waals surface area contributed by atoms with E-state index in [0.717, 1.165) is 19.3 Å². The Balaban J connectivity index is 3.68. The van der Waals surface area contributed by atoms with Crippen LogP contribution in [-0.2, 0) is 19.2 Å². The second-order valence-corrected chi connectivity index (χ2v) is 5.45. The molecule has 0 spiro atoms. The van der Waals surface area contributed by atoms with Crippen molar-refractivity contribution in [2.24, 2.45) is 0 Å². The molecule has 0 saturated heterocycles. The number of carbonyl (C=O) groups is 3. The van der Waals surface area contributed by atoms with Gasteiger partial charge in [-0.1, -0.05) is 52.4 Å². The molecule has 2 N–H and O–H groups in total. The second kappa shape index (κ2) is 13.1. The fourth-order valence-electron chi connectivity index (χ4n) is 1.89. The maximum absolute atomic E-state index is 11.7. The zero-order valence-electron chi connectivity index (χ0n) is 14.1. The molecule has 0 saturated carbocycles. The lowest BCUT2D eigenvalue weighted by molar-refractivity contribution is -0.158. The third-order valence-corrected chi connectivity index (χ3v) is 3.33. The summed E-state index contributed by atoms with van der Waals surface area (Å²) < 4.78 is 0. The summed E-state index contributed by atoms with van der Waals surface area (Å²) in [6.07, 6.45) is 8.59. The first-order valence-corrected chi connectivity index (χ1v) is 8.30. The van der Waals surface area contributed by atoms with E-state index in [2.05, 4.69) is 17.1 Å². The third kappa shape index (κ3) is 11.1. The predicted octanol–water partition coefficient (Wildman–Crippen LogP) is 2.62. The summed E-state index contributed by atoms with van der Waals surface area (Å²) in [5.74, 6) is -1.21. The number of amides is 2. The molecule has 0 aromatic rings. The molecule has 0 fully saturated rings. The van der Waals surface area contributed by atoms with E-state index in [0.29, 0.717) is 6.42 Å². The molecule has 0 aliphatic carbocycles. The van der Waals surface area contributed by atoms with Gasteiger partial charge in [0, 0.05) is 12.8 Å². The van der Waals surface area contributed by atoms with Crippen LogP contribution >= 0.6 is 0 Å². The minimum Gasteiger partial charge on any atom is -0.344 e. The molecule has 0 aromatic heterocycles. The molecule has 22 heavy (non-hydrogen) atoms. The Morgan fingerprint density at radius 2 is 1.55 bits per heavy atom. The number of unbranched alkanes of at least 4 members (excludes halogenated alkanes) is 6. The topological polar surface area (TPSA) is 84.5 Å². The molecule has 0 aliphatic rings. The van der Waals surface area contributed by atoms with Gasteiger partial charge in [0.05, 0.1) is 0 Å². The summed E-state index contributed by atoms with van der Waals surface area (Å²) in [7, 11) is 0. The molecule has 0 rings (SSSR count). The minimum absolute atomic E-state index is 0.155. The SMILES string of the molecule is CCCCCCCCCC(=O)NC(C)C(=O)NOC(=O)CC. The number of rotatable bonds is 11. The lowest BCUT2D eigenvalue weighted by Crippen LogP contribution is -2.45. The van der Waals surface area contributed by atoms with E-state index in [-0.39, 0.29) is 12.3 Å². The van der Waals surface area contributed by atoms with Crippen LogP contribution in [0, 0.1) is 0 Å². The van der Waals surface area contributed by atoms with E-state index >= 15 is 0 Å². The fraction of sp³-hybridized carbons (Fsp3) is 0.812. The van der Waals surface area contributed by atoms with Crippen LogP contribution in [0.25, 0.3) is 0 Å². The van der Waals surface area contributed by atoms with Crippen LogP contribution in [0.1, 0.15) is 78.6 Å². The molecule has 1 atom stereocenters. The normalized spacial score (nSPS) is 11.6. The predicted molar refractivity (Wildman–Crippen MR) is 84.7 cm³/mol. The summed E-state index contributed by atoms with van der Waals surface area (Å²) in [5, 5.41) is 2.59. The first-order chi connectivity index (χ1) is 10.5. The monoisotopic (exact) mass is 314 g/mol. The van der Waals surface area contributed by atoms with Crippen molar-refractivity contribution in [1.29, 1.82) is 0 Å². The van der Waals surface area contributed by atoms with Crippen LogP contribution < -0.4 is 10.8 Å². The van der Waals surface area contributed by atoms with Crippen molar-refractivity contribution >= 4 is 17.8 Å². The smallest absolute Gasteiger partial charge is 0.331 e. The van der Waals surface area contributed by atoms with Crippen molar-refractivity contribution in [2.45, 2.75) is 84.6 Å². The average molecular weight is 314 g/mol. The zero-order valence-corrected chi connectivity index (χ0v) is 14.1. The highest BCUT2D eigenvalue weighted by molar-refractivity contribution is 5.87. The van der Waals surface area contributed by atoms with Gasteiger partial charge in [-0.3, -0.25) is 9.59 Å². The van der Waals surface area contributed by atoms with Gasteiger partial charge in [0.15, 0.2) is 0 Å². The summed E-state index contributed by atoms with van der Waals surface area (Å²) in [6, 6.07) is -0.721. The lowest BCUT2D eigenvalue weighted by Gasteiger charge is -2.13. The molecule has 0 aromatic carbocycles. The number of carbonyl (C=O) groups excluding carboxylic acids is 3. The Bertz CT molecular complexity index is 345. The van der Waals surface area contributed by atoms with Gasteiger partial charge in [-0.2, -0.15) is 5.48 Å². The van der Waals surface area contributed by atoms with Crippen molar-refractivity contribution < 1.29 is 19.2 Å². The minimum atomic E-state index is -0.721. The Hall–Kier alpha value is -1.59. The van der Waals surface area contributed by atoms with Gasteiger partial charge in [0.25, 0.3) is 5.91 Å². The highest BCUT2D eigenvalue weighted by atomic mass is 16.7. The van der Waals surface area contributed by atoms with E-state index in [1.807, 2.05) is 5.48 Å². The first kappa shape index (κ1) is 20.4. The van der Waals surface area contributed by atoms with Crippen LogP contribution in [-0.4, -0.2) is 23.8 Å². The molecule has 0 heterocycles. The summed E-state index contributed by atoms with van der Waals surface area (Å²) in [4.78, 5) is 38.7. The zero-order chi connectivity index (χ0) is 16.8. The molecule has 0 radical (unpaired) electrons. The molecule has 1 unspecified atom stereocenters. The second-order valence-electron chi connectivity index (χ2n) is 5.45. The molecule has 6 heteroatoms. The van der Waals surface area contributed by atoms with Gasteiger partial charge in [-0.25, -0.2) is 4.79 Å². The third-order valence-electron chi connectivity index (χ3n) is 3.33. The number of hydroxylamine groups is 1. The van der Waals surface area contributed by atoms with E-state index in [4.69, 9.17) is 0 Å². The largest absolute Gasteiger partial charge is 0.344 e. The maximum Gasteiger partial charge on any atom is 0.331 e.